The third-order valence-corrected chi connectivity index (χ3v) is 9.26. The molecule has 2 unspecified atom stereocenters. The van der Waals surface area contributed by atoms with Crippen LogP contribution < -0.4 is 15.5 Å². The molecule has 6 aromatic heterocycles. The van der Waals surface area contributed by atoms with Crippen LogP contribution in [-0.2, 0) is 6.42 Å². The average molecular weight is 738 g/mol. The van der Waals surface area contributed by atoms with E-state index >= 15 is 0 Å². The lowest BCUT2D eigenvalue weighted by molar-refractivity contribution is 0.725. The van der Waals surface area contributed by atoms with Gasteiger partial charge in [-0.3, -0.25) is 0 Å². The molecule has 2 N–H and O–H groups in total. The molecule has 244 valence electrons. The van der Waals surface area contributed by atoms with Gasteiger partial charge in [0.25, 0.3) is 0 Å². The van der Waals surface area contributed by atoms with Crippen molar-refractivity contribution >= 4 is 67.9 Å². The number of hydrogen-bond acceptors (Lipinski definition) is 9. The summed E-state index contributed by atoms with van der Waals surface area (Å²) in [6.45, 7) is 6.69. The average Bonchev–Trinajstić information content (AvgIpc) is 3.86. The molecule has 0 aromatic carbocycles. The molecule has 0 radical (unpaired) electrons. The van der Waals surface area contributed by atoms with E-state index in [4.69, 9.17) is 33.9 Å². The minimum atomic E-state index is 0.447. The monoisotopic (exact) mass is 735 g/mol. The van der Waals surface area contributed by atoms with Gasteiger partial charge in [0, 0.05) is 67.6 Å². The van der Waals surface area contributed by atoms with Gasteiger partial charge in [0.15, 0.2) is 16.4 Å². The van der Waals surface area contributed by atoms with Gasteiger partial charge in [-0.2, -0.15) is 10.2 Å². The number of fused-ring (bicyclic) bond motifs is 2. The summed E-state index contributed by atoms with van der Waals surface area (Å²) in [6, 6.07) is 16.8. The molecule has 14 heteroatoms. The zero-order valence-electron chi connectivity index (χ0n) is 26.2. The Morgan fingerprint density at radius 2 is 1.36 bits per heavy atom. The van der Waals surface area contributed by atoms with E-state index in [2.05, 4.69) is 82.9 Å². The minimum absolute atomic E-state index is 0.447. The standard InChI is InChI=1S/C17H18ClN5.C10H15N3.C6H3BrClN3/c1-12-4-3-8-22(12)16-6-2-5-14(20-16)10-13-11-15(18)21-23-9-7-19-17(13)23;1-8-4-3-7-13(8)10-6-2-5-9(11)12-10;7-4-3-5(8)10-11-2-1-9-6(4)11/h2,5-7,9,11-12H,3-4,8,10H2,1H3;2,5-6,8H,3-4,7H2,1H3,(H2,11,12);1-3H. The van der Waals surface area contributed by atoms with Gasteiger partial charge in [0.1, 0.15) is 22.6 Å². The van der Waals surface area contributed by atoms with Gasteiger partial charge in [0.2, 0.25) is 0 Å². The van der Waals surface area contributed by atoms with Gasteiger partial charge >= 0.3 is 0 Å². The quantitative estimate of drug-likeness (QED) is 0.201. The first-order valence-corrected chi connectivity index (χ1v) is 17.2. The number of nitrogens with zero attached hydrogens (tertiary/aromatic N) is 10. The second-order valence-electron chi connectivity index (χ2n) is 11.7. The van der Waals surface area contributed by atoms with E-state index in [0.29, 0.717) is 34.6 Å². The van der Waals surface area contributed by atoms with Crippen molar-refractivity contribution < 1.29 is 0 Å². The topological polar surface area (TPSA) is 119 Å². The van der Waals surface area contributed by atoms with Crippen molar-refractivity contribution in [2.45, 2.75) is 58.0 Å². The second-order valence-corrected chi connectivity index (χ2v) is 13.3. The summed E-state index contributed by atoms with van der Waals surface area (Å²) >= 11 is 15.1. The Morgan fingerprint density at radius 3 is 1.98 bits per heavy atom. The van der Waals surface area contributed by atoms with Crippen molar-refractivity contribution in [3.63, 3.8) is 0 Å². The van der Waals surface area contributed by atoms with Crippen molar-refractivity contribution in [3.05, 3.63) is 99.4 Å². The highest BCUT2D eigenvalue weighted by atomic mass is 79.9. The molecule has 2 aliphatic rings. The number of rotatable bonds is 4. The zero-order chi connectivity index (χ0) is 32.9. The predicted molar refractivity (Wildman–Crippen MR) is 191 cm³/mol. The van der Waals surface area contributed by atoms with Crippen molar-refractivity contribution in [1.82, 2.24) is 39.2 Å². The van der Waals surface area contributed by atoms with E-state index in [9.17, 15) is 0 Å². The summed E-state index contributed by atoms with van der Waals surface area (Å²) in [5.41, 5.74) is 9.29. The number of halogens is 3. The Bertz CT molecular complexity index is 1960. The summed E-state index contributed by atoms with van der Waals surface area (Å²) in [6.07, 6.45) is 12.6. The Morgan fingerprint density at radius 1 is 0.787 bits per heavy atom. The number of nitrogens with two attached hydrogens (primary N) is 1. The fourth-order valence-electron chi connectivity index (χ4n) is 5.99. The van der Waals surface area contributed by atoms with Gasteiger partial charge in [-0.1, -0.05) is 35.3 Å². The minimum Gasteiger partial charge on any atom is -0.384 e. The van der Waals surface area contributed by atoms with E-state index < -0.39 is 0 Å². The molecule has 2 aliphatic heterocycles. The first-order valence-electron chi connectivity index (χ1n) is 15.6. The number of imidazole rings is 2. The lowest BCUT2D eigenvalue weighted by atomic mass is 10.1. The van der Waals surface area contributed by atoms with Crippen LogP contribution in [-0.4, -0.2) is 64.3 Å². The molecule has 0 spiro atoms. The largest absolute Gasteiger partial charge is 0.384 e. The summed E-state index contributed by atoms with van der Waals surface area (Å²) in [7, 11) is 0. The molecule has 0 amide bonds. The lowest BCUT2D eigenvalue weighted by Crippen LogP contribution is -2.27. The molecule has 6 aromatic rings. The summed E-state index contributed by atoms with van der Waals surface area (Å²) in [5.74, 6) is 2.69. The van der Waals surface area contributed by atoms with E-state index in [1.54, 1.807) is 39.9 Å². The number of anilines is 3. The van der Waals surface area contributed by atoms with Gasteiger partial charge < -0.3 is 15.5 Å². The third kappa shape index (κ3) is 7.94. The fraction of sp³-hybridized carbons (Fsp3) is 0.333. The molecular formula is C33H36BrCl2N11. The maximum absolute atomic E-state index is 6.11. The Balaban J connectivity index is 0.000000136. The van der Waals surface area contributed by atoms with Crippen LogP contribution in [0.3, 0.4) is 0 Å². The molecule has 47 heavy (non-hydrogen) atoms. The molecule has 11 nitrogen and oxygen atoms in total. The van der Waals surface area contributed by atoms with Crippen LogP contribution in [0.25, 0.3) is 11.3 Å². The number of nitrogen functional groups attached to an aromatic ring is 1. The molecule has 0 aliphatic carbocycles. The van der Waals surface area contributed by atoms with E-state index in [-0.39, 0.29) is 0 Å². The Hall–Kier alpha value is -4.00. The van der Waals surface area contributed by atoms with Crippen LogP contribution in [0.1, 0.15) is 50.8 Å². The highest BCUT2D eigenvalue weighted by Crippen LogP contribution is 2.26. The van der Waals surface area contributed by atoms with Crippen molar-refractivity contribution in [2.75, 3.05) is 28.6 Å². The first kappa shape index (κ1) is 32.9. The molecule has 0 bridgehead atoms. The van der Waals surface area contributed by atoms with Crippen LogP contribution in [0.15, 0.2) is 77.8 Å². The van der Waals surface area contributed by atoms with Crippen LogP contribution in [0, 0.1) is 0 Å². The Labute approximate surface area is 291 Å². The maximum Gasteiger partial charge on any atom is 0.167 e. The van der Waals surface area contributed by atoms with Gasteiger partial charge in [0.05, 0.1) is 4.47 Å². The van der Waals surface area contributed by atoms with Crippen LogP contribution in [0.2, 0.25) is 10.3 Å². The van der Waals surface area contributed by atoms with Crippen LogP contribution in [0.4, 0.5) is 17.5 Å². The van der Waals surface area contributed by atoms with Gasteiger partial charge in [-0.25, -0.2) is 29.0 Å². The van der Waals surface area contributed by atoms with Crippen molar-refractivity contribution in [2.24, 2.45) is 0 Å². The maximum atomic E-state index is 6.11. The smallest absolute Gasteiger partial charge is 0.167 e. The molecule has 8 heterocycles. The molecular weight excluding hydrogens is 701 g/mol. The van der Waals surface area contributed by atoms with Crippen LogP contribution >= 0.6 is 39.1 Å². The fourth-order valence-corrected chi connectivity index (χ4v) is 7.03. The van der Waals surface area contributed by atoms with Gasteiger partial charge in [-0.15, -0.1) is 0 Å². The Kier molecular flexibility index (Phi) is 10.4. The summed E-state index contributed by atoms with van der Waals surface area (Å²) in [5, 5.41) is 9.12. The molecule has 2 atom stereocenters. The van der Waals surface area contributed by atoms with E-state index in [0.717, 1.165) is 51.7 Å². The SMILES string of the molecule is CC1CCCN1c1cccc(Cc2cc(Cl)nn3ccnc23)n1.CC1CCCN1c1cccc(N)n1.Clc1cc(Br)c2nccn2n1. The zero-order valence-corrected chi connectivity index (χ0v) is 29.3. The molecule has 2 saturated heterocycles. The lowest BCUT2D eigenvalue weighted by Gasteiger charge is -2.23. The number of pyridine rings is 2. The predicted octanol–water partition coefficient (Wildman–Crippen LogP) is 7.15. The summed E-state index contributed by atoms with van der Waals surface area (Å²) in [4.78, 5) is 22.3. The molecule has 8 rings (SSSR count). The molecule has 2 fully saturated rings. The van der Waals surface area contributed by atoms with Crippen molar-refractivity contribution in [1.29, 1.82) is 0 Å². The normalized spacial score (nSPS) is 17.5. The summed E-state index contributed by atoms with van der Waals surface area (Å²) < 4.78 is 4.18. The van der Waals surface area contributed by atoms with Crippen LogP contribution in [0.5, 0.6) is 0 Å². The highest BCUT2D eigenvalue weighted by Gasteiger charge is 2.22. The third-order valence-electron chi connectivity index (χ3n) is 8.30. The molecule has 0 saturated carbocycles. The number of aromatic nitrogens is 8. The van der Waals surface area contributed by atoms with E-state index in [1.807, 2.05) is 24.3 Å². The van der Waals surface area contributed by atoms with E-state index in [1.165, 1.54) is 25.7 Å². The highest BCUT2D eigenvalue weighted by molar-refractivity contribution is 9.10. The van der Waals surface area contributed by atoms with Crippen molar-refractivity contribution in [3.8, 4) is 0 Å². The first-order chi connectivity index (χ1) is 22.7. The van der Waals surface area contributed by atoms with Gasteiger partial charge in [-0.05, 0) is 91.9 Å². The number of hydrogen-bond donors (Lipinski definition) is 1. The second kappa shape index (κ2) is 14.8.